The number of benzene rings is 2. The van der Waals surface area contributed by atoms with E-state index in [-0.39, 0.29) is 24.0 Å². The second kappa shape index (κ2) is 10.6. The number of carbonyl (C=O) groups is 1. The quantitative estimate of drug-likeness (QED) is 0.521. The number of anilines is 1. The lowest BCUT2D eigenvalue weighted by Crippen LogP contribution is -2.28. The minimum absolute atomic E-state index is 0. The Labute approximate surface area is 170 Å². The summed E-state index contributed by atoms with van der Waals surface area (Å²) in [7, 11) is 0. The van der Waals surface area contributed by atoms with Crippen molar-refractivity contribution in [2.75, 3.05) is 18.4 Å². The molecule has 1 aliphatic rings. The molecule has 0 spiro atoms. The van der Waals surface area contributed by atoms with Gasteiger partial charge in [-0.2, -0.15) is 0 Å². The lowest BCUT2D eigenvalue weighted by molar-refractivity contribution is -0.384. The zero-order valence-corrected chi connectivity index (χ0v) is 16.2. The van der Waals surface area contributed by atoms with Gasteiger partial charge in [-0.25, -0.2) is 0 Å². The zero-order chi connectivity index (χ0) is 19.1. The van der Waals surface area contributed by atoms with Crippen molar-refractivity contribution in [3.8, 4) is 11.5 Å². The first-order valence-corrected chi connectivity index (χ1v) is 9.13. The molecule has 1 saturated heterocycles. The molecular weight excluding hydrogens is 382 g/mol. The van der Waals surface area contributed by atoms with Crippen molar-refractivity contribution in [2.24, 2.45) is 5.92 Å². The van der Waals surface area contributed by atoms with Crippen molar-refractivity contribution in [1.82, 2.24) is 5.32 Å². The number of hydrogen-bond acceptors (Lipinski definition) is 5. The van der Waals surface area contributed by atoms with E-state index in [2.05, 4.69) is 10.6 Å². The van der Waals surface area contributed by atoms with Gasteiger partial charge in [0.1, 0.15) is 11.5 Å². The number of nitrogens with one attached hydrogen (secondary N) is 2. The molecule has 1 aliphatic heterocycles. The third-order valence-electron chi connectivity index (χ3n) is 4.64. The summed E-state index contributed by atoms with van der Waals surface area (Å²) in [5.41, 5.74) is 0.682. The number of rotatable bonds is 7. The highest BCUT2D eigenvalue weighted by Crippen LogP contribution is 2.26. The normalized spacial score (nSPS) is 14.0. The summed E-state index contributed by atoms with van der Waals surface area (Å²) >= 11 is 0. The van der Waals surface area contributed by atoms with Crippen LogP contribution in [0.4, 0.5) is 11.4 Å². The van der Waals surface area contributed by atoms with Gasteiger partial charge in [-0.05, 0) is 62.5 Å². The minimum atomic E-state index is -0.455. The summed E-state index contributed by atoms with van der Waals surface area (Å²) < 4.78 is 5.71. The average molecular weight is 406 g/mol. The maximum atomic E-state index is 12.2. The van der Waals surface area contributed by atoms with Crippen molar-refractivity contribution >= 4 is 29.7 Å². The molecule has 0 aliphatic carbocycles. The molecule has 3 rings (SSSR count). The highest BCUT2D eigenvalue weighted by molar-refractivity contribution is 5.90. The molecule has 0 unspecified atom stereocenters. The van der Waals surface area contributed by atoms with Gasteiger partial charge in [0.15, 0.2) is 0 Å². The van der Waals surface area contributed by atoms with E-state index in [4.69, 9.17) is 4.74 Å². The molecule has 2 aromatic rings. The molecule has 1 amide bonds. The molecule has 1 heterocycles. The van der Waals surface area contributed by atoms with Gasteiger partial charge >= 0.3 is 0 Å². The smallest absolute Gasteiger partial charge is 0.269 e. The van der Waals surface area contributed by atoms with Crippen LogP contribution in [-0.4, -0.2) is 23.9 Å². The number of ether oxygens (including phenoxy) is 1. The summed E-state index contributed by atoms with van der Waals surface area (Å²) in [6, 6.07) is 13.0. The summed E-state index contributed by atoms with van der Waals surface area (Å²) in [4.78, 5) is 22.4. The van der Waals surface area contributed by atoms with E-state index in [1.54, 1.807) is 30.3 Å². The fourth-order valence-electron chi connectivity index (χ4n) is 3.14. The van der Waals surface area contributed by atoms with E-state index in [0.717, 1.165) is 32.4 Å². The number of nitro groups is 1. The average Bonchev–Trinajstić information content (AvgIpc) is 2.68. The molecule has 8 heteroatoms. The lowest BCUT2D eigenvalue weighted by atomic mass is 9.93. The summed E-state index contributed by atoms with van der Waals surface area (Å²) in [5, 5.41) is 16.9. The number of nitro benzene ring substituents is 1. The summed E-state index contributed by atoms with van der Waals surface area (Å²) in [5.74, 6) is 1.67. The van der Waals surface area contributed by atoms with Gasteiger partial charge in [0.25, 0.3) is 5.69 Å². The van der Waals surface area contributed by atoms with Gasteiger partial charge in [0, 0.05) is 30.3 Å². The van der Waals surface area contributed by atoms with E-state index in [0.29, 0.717) is 29.5 Å². The molecule has 1 fully saturated rings. The topological polar surface area (TPSA) is 93.5 Å². The third-order valence-corrected chi connectivity index (χ3v) is 4.64. The molecule has 2 aromatic carbocycles. The maximum Gasteiger partial charge on any atom is 0.269 e. The zero-order valence-electron chi connectivity index (χ0n) is 15.4. The van der Waals surface area contributed by atoms with Gasteiger partial charge in [-0.3, -0.25) is 14.9 Å². The summed E-state index contributed by atoms with van der Waals surface area (Å²) in [6.07, 6.45) is 3.68. The van der Waals surface area contributed by atoms with Crippen molar-refractivity contribution in [3.63, 3.8) is 0 Å². The van der Waals surface area contributed by atoms with Gasteiger partial charge in [-0.1, -0.05) is 6.07 Å². The van der Waals surface area contributed by atoms with Crippen LogP contribution in [0.15, 0.2) is 48.5 Å². The first-order chi connectivity index (χ1) is 13.1. The fourth-order valence-corrected chi connectivity index (χ4v) is 3.14. The van der Waals surface area contributed by atoms with Gasteiger partial charge in [-0.15, -0.1) is 12.4 Å². The molecule has 0 aromatic heterocycles. The van der Waals surface area contributed by atoms with Gasteiger partial charge < -0.3 is 15.4 Å². The third kappa shape index (κ3) is 6.51. The predicted molar refractivity (Wildman–Crippen MR) is 110 cm³/mol. The van der Waals surface area contributed by atoms with Gasteiger partial charge in [0.2, 0.25) is 5.91 Å². The summed E-state index contributed by atoms with van der Waals surface area (Å²) in [6.45, 7) is 2.07. The Morgan fingerprint density at radius 2 is 1.86 bits per heavy atom. The Bertz CT molecular complexity index is 792. The highest BCUT2D eigenvalue weighted by Gasteiger charge is 2.14. The van der Waals surface area contributed by atoms with Crippen LogP contribution in [-0.2, 0) is 4.79 Å². The molecular formula is C20H24ClN3O4. The number of carbonyl (C=O) groups excluding carboxylic acids is 1. The van der Waals surface area contributed by atoms with Crippen molar-refractivity contribution in [1.29, 1.82) is 0 Å². The number of piperidine rings is 1. The van der Waals surface area contributed by atoms with Crippen molar-refractivity contribution in [3.05, 3.63) is 58.6 Å². The van der Waals surface area contributed by atoms with Crippen LogP contribution >= 0.6 is 12.4 Å². The van der Waals surface area contributed by atoms with Crippen LogP contribution < -0.4 is 15.4 Å². The van der Waals surface area contributed by atoms with E-state index >= 15 is 0 Å². The van der Waals surface area contributed by atoms with Crippen LogP contribution in [0, 0.1) is 16.0 Å². The van der Waals surface area contributed by atoms with Crippen LogP contribution in [0.2, 0.25) is 0 Å². The van der Waals surface area contributed by atoms with Crippen LogP contribution in [0.25, 0.3) is 0 Å². The fraction of sp³-hybridized carbons (Fsp3) is 0.350. The number of nitrogens with zero attached hydrogens (tertiary/aromatic N) is 1. The van der Waals surface area contributed by atoms with E-state index in [1.165, 1.54) is 12.1 Å². The van der Waals surface area contributed by atoms with Crippen molar-refractivity contribution < 1.29 is 14.5 Å². The number of hydrogen-bond donors (Lipinski definition) is 2. The van der Waals surface area contributed by atoms with E-state index < -0.39 is 4.92 Å². The van der Waals surface area contributed by atoms with Crippen LogP contribution in [0.3, 0.4) is 0 Å². The Balaban J connectivity index is 0.00000280. The first-order valence-electron chi connectivity index (χ1n) is 9.13. The minimum Gasteiger partial charge on any atom is -0.457 e. The van der Waals surface area contributed by atoms with Crippen LogP contribution in [0.1, 0.15) is 25.7 Å². The van der Waals surface area contributed by atoms with Gasteiger partial charge in [0.05, 0.1) is 4.92 Å². The Morgan fingerprint density at radius 1 is 1.14 bits per heavy atom. The predicted octanol–water partition coefficient (Wildman–Crippen LogP) is 4.53. The Hall–Kier alpha value is -2.64. The number of halogens is 1. The molecule has 2 N–H and O–H groups in total. The molecule has 28 heavy (non-hydrogen) atoms. The standard InChI is InChI=1S/C20H23N3O4.ClH/c24-20(9-4-15-10-12-21-13-11-15)22-16-2-1-3-19(14-16)27-18-7-5-17(6-8-18)23(25)26;/h1-3,5-8,14-15,21H,4,9-13H2,(H,22,24);1H. The monoisotopic (exact) mass is 405 g/mol. The largest absolute Gasteiger partial charge is 0.457 e. The Morgan fingerprint density at radius 3 is 2.54 bits per heavy atom. The number of amides is 1. The molecule has 7 nitrogen and oxygen atoms in total. The Kier molecular flexibility index (Phi) is 8.22. The highest BCUT2D eigenvalue weighted by atomic mass is 35.5. The lowest BCUT2D eigenvalue weighted by Gasteiger charge is -2.22. The van der Waals surface area contributed by atoms with E-state index in [1.807, 2.05) is 6.07 Å². The second-order valence-electron chi connectivity index (χ2n) is 6.66. The second-order valence-corrected chi connectivity index (χ2v) is 6.66. The SMILES string of the molecule is Cl.O=C(CCC1CCNCC1)Nc1cccc(Oc2ccc([N+](=O)[O-])cc2)c1. The maximum absolute atomic E-state index is 12.2. The molecule has 150 valence electrons. The number of non-ortho nitro benzene ring substituents is 1. The molecule has 0 radical (unpaired) electrons. The molecule has 0 bridgehead atoms. The van der Waals surface area contributed by atoms with Crippen molar-refractivity contribution in [2.45, 2.75) is 25.7 Å². The first kappa shape index (κ1) is 21.7. The molecule has 0 atom stereocenters. The van der Waals surface area contributed by atoms with Crippen LogP contribution in [0.5, 0.6) is 11.5 Å². The molecule has 0 saturated carbocycles. The van der Waals surface area contributed by atoms with E-state index in [9.17, 15) is 14.9 Å².